The van der Waals surface area contributed by atoms with Crippen molar-refractivity contribution in [2.24, 2.45) is 0 Å². The van der Waals surface area contributed by atoms with E-state index in [1.165, 1.54) is 12.1 Å². The molecule has 1 fully saturated rings. The van der Waals surface area contributed by atoms with Gasteiger partial charge in [-0.1, -0.05) is 17.7 Å². The third kappa shape index (κ3) is 7.50. The monoisotopic (exact) mass is 502 g/mol. The Bertz CT molecular complexity index is 1020. The molecule has 2 rings (SSSR count). The first kappa shape index (κ1) is 27.2. The molecule has 0 spiro atoms. The van der Waals surface area contributed by atoms with Crippen molar-refractivity contribution in [1.29, 1.82) is 0 Å². The molecule has 12 nitrogen and oxygen atoms in total. The Morgan fingerprint density at radius 3 is 1.74 bits per heavy atom. The van der Waals surface area contributed by atoms with E-state index in [0.717, 1.165) is 33.3 Å². The van der Waals surface area contributed by atoms with Crippen LogP contribution in [0.3, 0.4) is 0 Å². The van der Waals surface area contributed by atoms with E-state index in [1.54, 1.807) is 19.1 Å². The summed E-state index contributed by atoms with van der Waals surface area (Å²) in [6.07, 6.45) is -7.50. The molecule has 0 amide bonds. The molecule has 188 valence electrons. The second-order valence-electron chi connectivity index (χ2n) is 7.43. The predicted octanol–water partition coefficient (Wildman–Crippen LogP) is 0.783. The van der Waals surface area contributed by atoms with Crippen molar-refractivity contribution in [1.82, 2.24) is 0 Å². The average Bonchev–Trinajstić information content (AvgIpc) is 2.70. The maximum absolute atomic E-state index is 12.6. The van der Waals surface area contributed by atoms with E-state index in [-0.39, 0.29) is 4.90 Å². The normalized spacial score (nSPS) is 24.6. The molecular weight excluding hydrogens is 476 g/mol. The second-order valence-corrected chi connectivity index (χ2v) is 9.04. The quantitative estimate of drug-likeness (QED) is 0.280. The number of hydrogen-bond acceptors (Lipinski definition) is 12. The van der Waals surface area contributed by atoms with Crippen molar-refractivity contribution >= 4 is 34.0 Å². The SMILES string of the molecule is CC(=O)O[C@@H]1O[C@H](COS(=O)(=O)c2ccc(C)cc2)[C@@H](OC(C)=O)[C@H](OC(C)=O)[C@H]1OC(C)=O. The lowest BCUT2D eigenvalue weighted by atomic mass is 9.98. The van der Waals surface area contributed by atoms with Gasteiger partial charge >= 0.3 is 23.9 Å². The van der Waals surface area contributed by atoms with Gasteiger partial charge in [0, 0.05) is 27.7 Å². The van der Waals surface area contributed by atoms with Gasteiger partial charge in [-0.2, -0.15) is 8.42 Å². The summed E-state index contributed by atoms with van der Waals surface area (Å²) < 4.78 is 56.6. The minimum atomic E-state index is -4.26. The standard InChI is InChI=1S/C21H26O12S/c1-11-6-8-16(9-7-11)34(26,27)28-10-17-18(29-12(2)22)19(30-13(3)23)20(31-14(4)24)21(33-17)32-15(5)25/h6-9,17-21H,10H2,1-5H3/t17-,18-,19+,20-,21-/m1/s1. The Hall–Kier alpha value is -3.03. The Balaban J connectivity index is 2.40. The van der Waals surface area contributed by atoms with E-state index in [2.05, 4.69) is 0 Å². The molecule has 0 saturated carbocycles. The van der Waals surface area contributed by atoms with Gasteiger partial charge in [0.1, 0.15) is 6.10 Å². The van der Waals surface area contributed by atoms with E-state index in [0.29, 0.717) is 0 Å². The van der Waals surface area contributed by atoms with Gasteiger partial charge in [0.15, 0.2) is 12.2 Å². The van der Waals surface area contributed by atoms with Crippen LogP contribution in [0.1, 0.15) is 33.3 Å². The summed E-state index contributed by atoms with van der Waals surface area (Å²) in [4.78, 5) is 46.6. The molecule has 0 aromatic heterocycles. The van der Waals surface area contributed by atoms with Gasteiger partial charge in [-0.05, 0) is 19.1 Å². The molecule has 0 aliphatic carbocycles. The molecule has 1 saturated heterocycles. The molecule has 34 heavy (non-hydrogen) atoms. The Kier molecular flexibility index (Phi) is 9.13. The van der Waals surface area contributed by atoms with Crippen LogP contribution in [0.2, 0.25) is 0 Å². The summed E-state index contributed by atoms with van der Waals surface area (Å²) in [7, 11) is -4.26. The van der Waals surface area contributed by atoms with Crippen molar-refractivity contribution in [3.05, 3.63) is 29.8 Å². The van der Waals surface area contributed by atoms with Crippen molar-refractivity contribution in [2.75, 3.05) is 6.61 Å². The fourth-order valence-electron chi connectivity index (χ4n) is 3.18. The highest BCUT2D eigenvalue weighted by molar-refractivity contribution is 7.86. The molecule has 13 heteroatoms. The molecule has 1 aliphatic rings. The Labute approximate surface area is 196 Å². The molecule has 0 unspecified atom stereocenters. The first-order valence-corrected chi connectivity index (χ1v) is 11.5. The van der Waals surface area contributed by atoms with Gasteiger partial charge < -0.3 is 23.7 Å². The summed E-state index contributed by atoms with van der Waals surface area (Å²) in [5.41, 5.74) is 0.828. The van der Waals surface area contributed by atoms with Gasteiger partial charge in [-0.25, -0.2) is 0 Å². The fourth-order valence-corrected chi connectivity index (χ4v) is 4.10. The highest BCUT2D eigenvalue weighted by Gasteiger charge is 2.53. The maximum atomic E-state index is 12.6. The largest absolute Gasteiger partial charge is 0.456 e. The van der Waals surface area contributed by atoms with Gasteiger partial charge in [0.2, 0.25) is 12.4 Å². The van der Waals surface area contributed by atoms with Crippen LogP contribution in [0, 0.1) is 6.92 Å². The predicted molar refractivity (Wildman–Crippen MR) is 111 cm³/mol. The molecule has 0 radical (unpaired) electrons. The Morgan fingerprint density at radius 2 is 1.24 bits per heavy atom. The van der Waals surface area contributed by atoms with Crippen LogP contribution < -0.4 is 0 Å². The molecule has 0 N–H and O–H groups in total. The van der Waals surface area contributed by atoms with E-state index in [4.69, 9.17) is 27.9 Å². The minimum Gasteiger partial charge on any atom is -0.456 e. The molecule has 1 heterocycles. The number of carbonyl (C=O) groups excluding carboxylic acids is 4. The first-order chi connectivity index (χ1) is 15.8. The van der Waals surface area contributed by atoms with Crippen LogP contribution in [0.15, 0.2) is 29.2 Å². The molecule has 5 atom stereocenters. The average molecular weight is 502 g/mol. The number of hydrogen-bond donors (Lipinski definition) is 0. The lowest BCUT2D eigenvalue weighted by Gasteiger charge is -2.43. The lowest BCUT2D eigenvalue weighted by Crippen LogP contribution is -2.63. The van der Waals surface area contributed by atoms with Gasteiger partial charge in [0.05, 0.1) is 11.5 Å². The highest BCUT2D eigenvalue weighted by Crippen LogP contribution is 2.30. The number of rotatable bonds is 8. The molecule has 0 bridgehead atoms. The molecular formula is C21H26O12S. The van der Waals surface area contributed by atoms with E-state index in [9.17, 15) is 27.6 Å². The molecule has 1 aliphatic heterocycles. The van der Waals surface area contributed by atoms with Crippen LogP contribution in [0.25, 0.3) is 0 Å². The summed E-state index contributed by atoms with van der Waals surface area (Å²) in [6.45, 7) is 5.29. The van der Waals surface area contributed by atoms with Crippen LogP contribution in [-0.2, 0) is 57.2 Å². The number of aryl methyl sites for hydroxylation is 1. The molecule has 1 aromatic carbocycles. The van der Waals surface area contributed by atoms with Crippen molar-refractivity contribution in [3.8, 4) is 0 Å². The minimum absolute atomic E-state index is 0.135. The molecule has 1 aromatic rings. The number of benzene rings is 1. The van der Waals surface area contributed by atoms with E-state index < -0.39 is 71.3 Å². The van der Waals surface area contributed by atoms with Crippen LogP contribution in [0.5, 0.6) is 0 Å². The van der Waals surface area contributed by atoms with Gasteiger partial charge in [-0.3, -0.25) is 23.4 Å². The zero-order valence-corrected chi connectivity index (χ0v) is 20.0. The third-order valence-electron chi connectivity index (χ3n) is 4.48. The van der Waals surface area contributed by atoms with Crippen LogP contribution >= 0.6 is 0 Å². The van der Waals surface area contributed by atoms with E-state index >= 15 is 0 Å². The van der Waals surface area contributed by atoms with Crippen molar-refractivity contribution in [3.63, 3.8) is 0 Å². The van der Waals surface area contributed by atoms with Crippen molar-refractivity contribution < 1.29 is 55.5 Å². The smallest absolute Gasteiger partial charge is 0.305 e. The lowest BCUT2D eigenvalue weighted by molar-refractivity contribution is -0.298. The zero-order chi connectivity index (χ0) is 25.6. The highest BCUT2D eigenvalue weighted by atomic mass is 32.2. The maximum Gasteiger partial charge on any atom is 0.305 e. The summed E-state index contributed by atoms with van der Waals surface area (Å²) in [5.74, 6) is -3.33. The zero-order valence-electron chi connectivity index (χ0n) is 19.2. The first-order valence-electron chi connectivity index (χ1n) is 10.1. The van der Waals surface area contributed by atoms with Crippen LogP contribution in [-0.4, -0.2) is 69.6 Å². The number of esters is 4. The topological polar surface area (TPSA) is 158 Å². The summed E-state index contributed by atoms with van der Waals surface area (Å²) in [6, 6.07) is 5.84. The second kappa shape index (κ2) is 11.4. The fraction of sp³-hybridized carbons (Fsp3) is 0.524. The third-order valence-corrected chi connectivity index (χ3v) is 5.77. The van der Waals surface area contributed by atoms with Gasteiger partial charge in [0.25, 0.3) is 10.1 Å². The van der Waals surface area contributed by atoms with E-state index in [1.807, 2.05) is 0 Å². The summed E-state index contributed by atoms with van der Waals surface area (Å²) >= 11 is 0. The number of ether oxygens (including phenoxy) is 5. The van der Waals surface area contributed by atoms with Crippen LogP contribution in [0.4, 0.5) is 0 Å². The van der Waals surface area contributed by atoms with Crippen molar-refractivity contribution in [2.45, 2.75) is 70.2 Å². The van der Waals surface area contributed by atoms with Gasteiger partial charge in [-0.15, -0.1) is 0 Å². The number of carbonyl (C=O) groups is 4. The Morgan fingerprint density at radius 1 is 0.765 bits per heavy atom. The summed E-state index contributed by atoms with van der Waals surface area (Å²) in [5, 5.41) is 0.